The normalized spacial score (nSPS) is 22.9. The molecule has 1 aliphatic carbocycles. The molecule has 0 aliphatic heterocycles. The Morgan fingerprint density at radius 1 is 1.36 bits per heavy atom. The first kappa shape index (κ1) is 14.9. The van der Waals surface area contributed by atoms with Crippen molar-refractivity contribution < 1.29 is 14.3 Å². The summed E-state index contributed by atoms with van der Waals surface area (Å²) in [4.78, 5) is 12.3. The molecule has 3 rings (SSSR count). The second kappa shape index (κ2) is 5.61. The van der Waals surface area contributed by atoms with Crippen LogP contribution < -0.4 is 5.32 Å². The summed E-state index contributed by atoms with van der Waals surface area (Å²) in [5.41, 5.74) is 1.29. The lowest BCUT2D eigenvalue weighted by Crippen LogP contribution is -2.39. The molecule has 3 unspecified atom stereocenters. The summed E-state index contributed by atoms with van der Waals surface area (Å²) in [6, 6.07) is 11.6. The summed E-state index contributed by atoms with van der Waals surface area (Å²) in [5.74, 6) is 0.766. The van der Waals surface area contributed by atoms with Crippen molar-refractivity contribution in [2.45, 2.75) is 31.8 Å². The molecule has 1 aromatic carbocycles. The number of carbonyl (C=O) groups excluding carboxylic acids is 1. The monoisotopic (exact) mass is 299 g/mol. The first-order valence-electron chi connectivity index (χ1n) is 7.58. The molecule has 1 heterocycles. The molecule has 116 valence electrons. The average Bonchev–Trinajstić information content (AvgIpc) is 3.07. The van der Waals surface area contributed by atoms with Gasteiger partial charge >= 0.3 is 0 Å². The number of aliphatic hydroxyl groups is 1. The van der Waals surface area contributed by atoms with Crippen LogP contribution in [0.1, 0.15) is 36.1 Å². The van der Waals surface area contributed by atoms with E-state index in [1.165, 1.54) is 17.4 Å². The van der Waals surface area contributed by atoms with E-state index in [0.717, 1.165) is 6.42 Å². The zero-order valence-corrected chi connectivity index (χ0v) is 12.9. The summed E-state index contributed by atoms with van der Waals surface area (Å²) >= 11 is 0. The van der Waals surface area contributed by atoms with Gasteiger partial charge in [0.1, 0.15) is 11.4 Å². The highest BCUT2D eigenvalue weighted by molar-refractivity contribution is 5.83. The van der Waals surface area contributed by atoms with Crippen molar-refractivity contribution in [1.82, 2.24) is 5.32 Å². The van der Waals surface area contributed by atoms with Crippen LogP contribution in [0.25, 0.3) is 0 Å². The summed E-state index contributed by atoms with van der Waals surface area (Å²) in [6.45, 7) is 3.86. The van der Waals surface area contributed by atoms with Gasteiger partial charge in [0.25, 0.3) is 0 Å². The Labute approximate surface area is 130 Å². The molecule has 3 atom stereocenters. The van der Waals surface area contributed by atoms with E-state index in [4.69, 9.17) is 4.42 Å². The number of carbonyl (C=O) groups is 1. The zero-order chi connectivity index (χ0) is 15.7. The van der Waals surface area contributed by atoms with E-state index in [2.05, 4.69) is 24.4 Å². The molecule has 1 aliphatic rings. The maximum atomic E-state index is 12.3. The lowest BCUT2D eigenvalue weighted by molar-refractivity contribution is -0.123. The zero-order valence-electron chi connectivity index (χ0n) is 12.9. The third-order valence-electron chi connectivity index (χ3n) is 4.37. The van der Waals surface area contributed by atoms with Crippen molar-refractivity contribution >= 4 is 5.91 Å². The van der Waals surface area contributed by atoms with Crippen molar-refractivity contribution in [3.63, 3.8) is 0 Å². The van der Waals surface area contributed by atoms with Crippen molar-refractivity contribution in [1.29, 1.82) is 0 Å². The highest BCUT2D eigenvalue weighted by Crippen LogP contribution is 2.48. The van der Waals surface area contributed by atoms with Crippen LogP contribution in [0, 0.1) is 12.8 Å². The van der Waals surface area contributed by atoms with E-state index in [1.807, 2.05) is 12.1 Å². The molecule has 1 saturated carbocycles. The van der Waals surface area contributed by atoms with Crippen LogP contribution in [0.4, 0.5) is 0 Å². The summed E-state index contributed by atoms with van der Waals surface area (Å²) in [6.07, 6.45) is 2.39. The largest absolute Gasteiger partial charge is 0.466 e. The minimum Gasteiger partial charge on any atom is -0.466 e. The van der Waals surface area contributed by atoms with E-state index in [9.17, 15) is 9.90 Å². The van der Waals surface area contributed by atoms with E-state index in [1.54, 1.807) is 19.1 Å². The number of furan rings is 1. The Hall–Kier alpha value is -2.07. The lowest BCUT2D eigenvalue weighted by atomic mass is 10.0. The quantitative estimate of drug-likeness (QED) is 0.892. The minimum absolute atomic E-state index is 0.0000779. The topological polar surface area (TPSA) is 62.5 Å². The van der Waals surface area contributed by atoms with E-state index < -0.39 is 5.60 Å². The molecule has 2 N–H and O–H groups in total. The Morgan fingerprint density at radius 3 is 2.82 bits per heavy atom. The molecule has 2 aromatic rings. The van der Waals surface area contributed by atoms with Gasteiger partial charge in [0.15, 0.2) is 0 Å². The number of nitrogens with one attached hydrogen (secondary N) is 1. The molecule has 1 amide bonds. The van der Waals surface area contributed by atoms with Gasteiger partial charge in [-0.1, -0.05) is 24.3 Å². The standard InChI is InChI=1S/C18H21NO3/c1-12-6-3-4-7-13(12)14-10-15(14)17(20)19-11-18(2,21)16-8-5-9-22-16/h3-9,14-15,21H,10-11H2,1-2H3,(H,19,20). The molecule has 4 heteroatoms. The highest BCUT2D eigenvalue weighted by atomic mass is 16.4. The summed E-state index contributed by atoms with van der Waals surface area (Å²) in [5, 5.41) is 13.2. The van der Waals surface area contributed by atoms with Gasteiger partial charge in [-0.05, 0) is 49.4 Å². The molecule has 4 nitrogen and oxygen atoms in total. The number of amides is 1. The van der Waals surface area contributed by atoms with E-state index in [0.29, 0.717) is 11.7 Å². The van der Waals surface area contributed by atoms with Crippen molar-refractivity contribution in [2.75, 3.05) is 6.54 Å². The SMILES string of the molecule is Cc1ccccc1C1CC1C(=O)NCC(C)(O)c1ccco1. The van der Waals surface area contributed by atoms with E-state index in [-0.39, 0.29) is 18.4 Å². The maximum Gasteiger partial charge on any atom is 0.223 e. The van der Waals surface area contributed by atoms with Gasteiger partial charge in [0.2, 0.25) is 5.91 Å². The van der Waals surface area contributed by atoms with Crippen LogP contribution >= 0.6 is 0 Å². The third kappa shape index (κ3) is 2.92. The maximum absolute atomic E-state index is 12.3. The smallest absolute Gasteiger partial charge is 0.223 e. The first-order chi connectivity index (χ1) is 10.5. The molecule has 1 fully saturated rings. The van der Waals surface area contributed by atoms with Gasteiger partial charge in [-0.25, -0.2) is 0 Å². The van der Waals surface area contributed by atoms with Gasteiger partial charge in [0.05, 0.1) is 12.8 Å². The Bertz CT molecular complexity index is 661. The first-order valence-corrected chi connectivity index (χ1v) is 7.58. The van der Waals surface area contributed by atoms with Gasteiger partial charge in [-0.15, -0.1) is 0 Å². The average molecular weight is 299 g/mol. The number of hydrogen-bond acceptors (Lipinski definition) is 3. The summed E-state index contributed by atoms with van der Waals surface area (Å²) < 4.78 is 5.21. The minimum atomic E-state index is -1.19. The molecule has 1 aromatic heterocycles. The van der Waals surface area contributed by atoms with Crippen LogP contribution in [0.3, 0.4) is 0 Å². The Balaban J connectivity index is 1.57. The molecular weight excluding hydrogens is 278 g/mol. The molecular formula is C18H21NO3. The highest BCUT2D eigenvalue weighted by Gasteiger charge is 2.44. The van der Waals surface area contributed by atoms with Crippen LogP contribution in [0.5, 0.6) is 0 Å². The fourth-order valence-electron chi connectivity index (χ4n) is 2.89. The van der Waals surface area contributed by atoms with Gasteiger partial charge < -0.3 is 14.8 Å². The number of aryl methyl sites for hydroxylation is 1. The van der Waals surface area contributed by atoms with Crippen molar-refractivity contribution in [3.05, 3.63) is 59.5 Å². The Kier molecular flexibility index (Phi) is 3.79. The molecule has 0 saturated heterocycles. The fourth-order valence-corrected chi connectivity index (χ4v) is 2.89. The second-order valence-corrected chi connectivity index (χ2v) is 6.27. The molecule has 0 bridgehead atoms. The fraction of sp³-hybridized carbons (Fsp3) is 0.389. The number of benzene rings is 1. The second-order valence-electron chi connectivity index (χ2n) is 6.27. The van der Waals surface area contributed by atoms with Crippen molar-refractivity contribution in [3.8, 4) is 0 Å². The predicted molar refractivity (Wildman–Crippen MR) is 83.3 cm³/mol. The van der Waals surface area contributed by atoms with Crippen LogP contribution in [0.15, 0.2) is 47.1 Å². The van der Waals surface area contributed by atoms with Gasteiger partial charge in [-0.3, -0.25) is 4.79 Å². The Morgan fingerprint density at radius 2 is 2.14 bits per heavy atom. The summed E-state index contributed by atoms with van der Waals surface area (Å²) in [7, 11) is 0. The molecule has 22 heavy (non-hydrogen) atoms. The molecule has 0 radical (unpaired) electrons. The number of rotatable bonds is 5. The lowest BCUT2D eigenvalue weighted by Gasteiger charge is -2.21. The van der Waals surface area contributed by atoms with Gasteiger partial charge in [0, 0.05) is 5.92 Å². The molecule has 0 spiro atoms. The van der Waals surface area contributed by atoms with Gasteiger partial charge in [-0.2, -0.15) is 0 Å². The van der Waals surface area contributed by atoms with E-state index >= 15 is 0 Å². The van der Waals surface area contributed by atoms with Crippen LogP contribution in [0.2, 0.25) is 0 Å². The van der Waals surface area contributed by atoms with Crippen molar-refractivity contribution in [2.24, 2.45) is 5.92 Å². The predicted octanol–water partition coefficient (Wildman–Crippen LogP) is 2.72. The number of hydrogen-bond donors (Lipinski definition) is 2. The third-order valence-corrected chi connectivity index (χ3v) is 4.37. The van der Waals surface area contributed by atoms with Crippen LogP contribution in [-0.4, -0.2) is 17.6 Å². The van der Waals surface area contributed by atoms with Crippen LogP contribution in [-0.2, 0) is 10.4 Å².